The van der Waals surface area contributed by atoms with Crippen LogP contribution in [0.25, 0.3) is 0 Å². The number of likely N-dealkylation sites (N-methyl/N-ethyl adjacent to an activating group) is 2. The van der Waals surface area contributed by atoms with E-state index in [1.807, 2.05) is 0 Å². The van der Waals surface area contributed by atoms with Gasteiger partial charge in [0.15, 0.2) is 0 Å². The summed E-state index contributed by atoms with van der Waals surface area (Å²) in [6, 6.07) is 0.860. The smallest absolute Gasteiger partial charge is 0.0112 e. The summed E-state index contributed by atoms with van der Waals surface area (Å²) in [5.41, 5.74) is 0. The molecule has 1 rings (SSSR count). The van der Waals surface area contributed by atoms with Gasteiger partial charge in [-0.1, -0.05) is 40.5 Å². The minimum absolute atomic E-state index is 0.860. The zero-order valence-electron chi connectivity index (χ0n) is 12.4. The maximum Gasteiger partial charge on any atom is 0.0112 e. The van der Waals surface area contributed by atoms with Crippen LogP contribution in [0.2, 0.25) is 0 Å². The molecule has 1 aliphatic carbocycles. The topological polar surface area (TPSA) is 6.48 Å². The molecule has 2 nitrogen and oxygen atoms in total. The molecule has 0 aromatic carbocycles. The van der Waals surface area contributed by atoms with Crippen LogP contribution in [0.1, 0.15) is 53.4 Å². The molecule has 2 heteroatoms. The maximum atomic E-state index is 2.72. The van der Waals surface area contributed by atoms with Crippen LogP contribution in [-0.2, 0) is 0 Å². The number of hydrogen-bond donors (Lipinski definition) is 0. The Kier molecular flexibility index (Phi) is 7.14. The van der Waals surface area contributed by atoms with Crippen LogP contribution in [0.3, 0.4) is 0 Å². The molecule has 0 aromatic rings. The van der Waals surface area contributed by atoms with E-state index < -0.39 is 0 Å². The fourth-order valence-electron chi connectivity index (χ4n) is 3.14. The summed E-state index contributed by atoms with van der Waals surface area (Å²) in [5.74, 6) is 0.941. The highest BCUT2D eigenvalue weighted by Gasteiger charge is 2.23. The largest absolute Gasteiger partial charge is 0.303 e. The third-order valence-corrected chi connectivity index (χ3v) is 4.43. The van der Waals surface area contributed by atoms with Gasteiger partial charge >= 0.3 is 0 Å². The molecule has 0 heterocycles. The van der Waals surface area contributed by atoms with Crippen molar-refractivity contribution in [3.63, 3.8) is 0 Å². The molecule has 0 bridgehead atoms. The van der Waals surface area contributed by atoms with Crippen LogP contribution in [0.4, 0.5) is 0 Å². The normalized spacial score (nSPS) is 25.8. The van der Waals surface area contributed by atoms with Crippen molar-refractivity contribution in [2.45, 2.75) is 59.4 Å². The first kappa shape index (κ1) is 15.0. The molecule has 0 radical (unpaired) electrons. The highest BCUT2D eigenvalue weighted by Crippen LogP contribution is 2.27. The lowest BCUT2D eigenvalue weighted by atomic mass is 9.86. The molecule has 0 unspecified atom stereocenters. The second-order valence-electron chi connectivity index (χ2n) is 5.58. The highest BCUT2D eigenvalue weighted by atomic mass is 15.2. The first-order valence-corrected chi connectivity index (χ1v) is 7.67. The highest BCUT2D eigenvalue weighted by molar-refractivity contribution is 4.78. The van der Waals surface area contributed by atoms with Gasteiger partial charge in [0.2, 0.25) is 0 Å². The lowest BCUT2D eigenvalue weighted by Gasteiger charge is -2.37. The molecule has 0 aliphatic heterocycles. The number of nitrogens with zero attached hydrogens (tertiary/aromatic N) is 2. The van der Waals surface area contributed by atoms with Gasteiger partial charge in [-0.2, -0.15) is 0 Å². The van der Waals surface area contributed by atoms with Gasteiger partial charge in [-0.3, -0.25) is 4.90 Å². The summed E-state index contributed by atoms with van der Waals surface area (Å²) >= 11 is 0. The molecular formula is C15H32N2. The minimum atomic E-state index is 0.860. The Balaban J connectivity index is 2.36. The third-order valence-electron chi connectivity index (χ3n) is 4.43. The van der Waals surface area contributed by atoms with Gasteiger partial charge in [0, 0.05) is 19.1 Å². The van der Waals surface area contributed by atoms with Crippen LogP contribution in [0.5, 0.6) is 0 Å². The molecule has 1 saturated carbocycles. The zero-order chi connectivity index (χ0) is 12.7. The quantitative estimate of drug-likeness (QED) is 0.674. The summed E-state index contributed by atoms with van der Waals surface area (Å²) in [4.78, 5) is 5.25. The van der Waals surface area contributed by atoms with Crippen molar-refractivity contribution in [3.8, 4) is 0 Å². The van der Waals surface area contributed by atoms with E-state index in [2.05, 4.69) is 37.5 Å². The number of hydrogen-bond acceptors (Lipinski definition) is 2. The van der Waals surface area contributed by atoms with Crippen molar-refractivity contribution in [3.05, 3.63) is 0 Å². The van der Waals surface area contributed by atoms with E-state index in [9.17, 15) is 0 Å². The van der Waals surface area contributed by atoms with Gasteiger partial charge in [-0.25, -0.2) is 0 Å². The van der Waals surface area contributed by atoms with E-state index in [1.165, 1.54) is 58.4 Å². The van der Waals surface area contributed by atoms with E-state index >= 15 is 0 Å². The second-order valence-corrected chi connectivity index (χ2v) is 5.58. The van der Waals surface area contributed by atoms with Gasteiger partial charge in [0.25, 0.3) is 0 Å². The van der Waals surface area contributed by atoms with Crippen molar-refractivity contribution in [1.82, 2.24) is 9.80 Å². The van der Waals surface area contributed by atoms with Gasteiger partial charge in [-0.15, -0.1) is 0 Å². The molecular weight excluding hydrogens is 208 g/mol. The summed E-state index contributed by atoms with van der Waals surface area (Å²) in [7, 11) is 0. The summed E-state index contributed by atoms with van der Waals surface area (Å²) in [5, 5.41) is 0. The molecule has 0 aromatic heterocycles. The third kappa shape index (κ3) is 4.97. The molecule has 102 valence electrons. The fourth-order valence-corrected chi connectivity index (χ4v) is 3.14. The lowest BCUT2D eigenvalue weighted by Crippen LogP contribution is -2.43. The van der Waals surface area contributed by atoms with Crippen molar-refractivity contribution in [2.75, 3.05) is 32.7 Å². The van der Waals surface area contributed by atoms with E-state index in [-0.39, 0.29) is 0 Å². The Labute approximate surface area is 108 Å². The van der Waals surface area contributed by atoms with E-state index in [4.69, 9.17) is 0 Å². The van der Waals surface area contributed by atoms with E-state index in [0.29, 0.717) is 0 Å². The Hall–Kier alpha value is -0.0800. The standard InChI is InChI=1S/C15H32N2/c1-5-16(6-2)11-12-17(7-3)15-10-8-9-14(4)13-15/h14-15H,5-13H2,1-4H3/t14-,15+/m1/s1. The summed E-state index contributed by atoms with van der Waals surface area (Å²) in [6.45, 7) is 15.4. The lowest BCUT2D eigenvalue weighted by molar-refractivity contribution is 0.124. The zero-order valence-corrected chi connectivity index (χ0v) is 12.4. The van der Waals surface area contributed by atoms with Crippen molar-refractivity contribution < 1.29 is 0 Å². The molecule has 0 spiro atoms. The van der Waals surface area contributed by atoms with Crippen LogP contribution < -0.4 is 0 Å². The fraction of sp³-hybridized carbons (Fsp3) is 1.00. The van der Waals surface area contributed by atoms with Crippen LogP contribution in [-0.4, -0.2) is 48.6 Å². The molecule has 1 fully saturated rings. The maximum absolute atomic E-state index is 2.72. The van der Waals surface area contributed by atoms with Gasteiger partial charge < -0.3 is 4.90 Å². The predicted molar refractivity (Wildman–Crippen MR) is 76.5 cm³/mol. The summed E-state index contributed by atoms with van der Waals surface area (Å²) < 4.78 is 0. The Morgan fingerprint density at radius 2 is 1.65 bits per heavy atom. The van der Waals surface area contributed by atoms with E-state index in [0.717, 1.165) is 12.0 Å². The Bertz CT molecular complexity index is 189. The Morgan fingerprint density at radius 1 is 0.941 bits per heavy atom. The average molecular weight is 240 g/mol. The van der Waals surface area contributed by atoms with Crippen molar-refractivity contribution >= 4 is 0 Å². The predicted octanol–water partition coefficient (Wildman–Crippen LogP) is 3.23. The summed E-state index contributed by atoms with van der Waals surface area (Å²) in [6.07, 6.45) is 5.74. The molecule has 0 saturated heterocycles. The van der Waals surface area contributed by atoms with Crippen LogP contribution in [0, 0.1) is 5.92 Å². The SMILES string of the molecule is CCN(CC)CCN(CC)[C@H]1CCC[C@@H](C)C1. The van der Waals surface area contributed by atoms with Crippen LogP contribution >= 0.6 is 0 Å². The van der Waals surface area contributed by atoms with Crippen molar-refractivity contribution in [1.29, 1.82) is 0 Å². The molecule has 1 aliphatic rings. The average Bonchev–Trinajstić information content (AvgIpc) is 2.35. The second kappa shape index (κ2) is 8.10. The molecule has 0 N–H and O–H groups in total. The van der Waals surface area contributed by atoms with E-state index in [1.54, 1.807) is 0 Å². The first-order valence-electron chi connectivity index (χ1n) is 7.67. The van der Waals surface area contributed by atoms with Crippen LogP contribution in [0.15, 0.2) is 0 Å². The van der Waals surface area contributed by atoms with Gasteiger partial charge in [0.05, 0.1) is 0 Å². The first-order chi connectivity index (χ1) is 8.21. The monoisotopic (exact) mass is 240 g/mol. The van der Waals surface area contributed by atoms with Gasteiger partial charge in [-0.05, 0) is 38.4 Å². The molecule has 17 heavy (non-hydrogen) atoms. The van der Waals surface area contributed by atoms with Gasteiger partial charge in [0.1, 0.15) is 0 Å². The molecule has 2 atom stereocenters. The molecule has 0 amide bonds. The Morgan fingerprint density at radius 3 is 2.18 bits per heavy atom. The number of rotatable bonds is 7. The minimum Gasteiger partial charge on any atom is -0.303 e. The van der Waals surface area contributed by atoms with Crippen molar-refractivity contribution in [2.24, 2.45) is 5.92 Å².